The topological polar surface area (TPSA) is 13.1 Å². The summed E-state index contributed by atoms with van der Waals surface area (Å²) in [6.07, 6.45) is 0. The van der Waals surface area contributed by atoms with E-state index in [1.54, 1.807) is 6.07 Å². The van der Waals surface area contributed by atoms with Gasteiger partial charge in [-0.1, -0.05) is 32.9 Å². The van der Waals surface area contributed by atoms with E-state index >= 15 is 0 Å². The molecule has 1 heterocycles. The van der Waals surface area contributed by atoms with Gasteiger partial charge in [-0.05, 0) is 36.1 Å². The molecule has 1 rings (SSSR count). The average molecular weight is 213 g/mol. The first-order valence-electron chi connectivity index (χ1n) is 4.73. The molecule has 1 aromatic heterocycles. The zero-order valence-corrected chi connectivity index (χ0v) is 9.98. The molecule has 0 saturated heterocycles. The summed E-state index contributed by atoms with van der Waals surface area (Å²) >= 11 is 5.76. The molecule has 0 aliphatic rings. The third kappa shape index (κ3) is 2.42. The number of hydrogen-bond donors (Lipinski definition) is 0. The summed E-state index contributed by atoms with van der Waals surface area (Å²) in [5, 5.41) is 0.440. The maximum Gasteiger partial charge on any atom is 0.193 e. The Morgan fingerprint density at radius 3 is 2.29 bits per heavy atom. The smallest absolute Gasteiger partial charge is 0.193 e. The number of allylic oxidation sites excluding steroid dienone is 1. The van der Waals surface area contributed by atoms with Crippen LogP contribution in [-0.4, -0.2) is 0 Å². The van der Waals surface area contributed by atoms with Crippen LogP contribution < -0.4 is 0 Å². The fourth-order valence-electron chi connectivity index (χ4n) is 1.89. The van der Waals surface area contributed by atoms with Crippen molar-refractivity contribution in [1.29, 1.82) is 0 Å². The highest BCUT2D eigenvalue weighted by Crippen LogP contribution is 2.40. The Balaban J connectivity index is 3.07. The van der Waals surface area contributed by atoms with Gasteiger partial charge in [0.15, 0.2) is 5.22 Å². The van der Waals surface area contributed by atoms with Crippen LogP contribution in [0, 0.1) is 5.41 Å². The van der Waals surface area contributed by atoms with Crippen molar-refractivity contribution in [2.75, 3.05) is 0 Å². The number of hydrogen-bond acceptors (Lipinski definition) is 1. The van der Waals surface area contributed by atoms with Crippen molar-refractivity contribution in [2.45, 2.75) is 33.6 Å². The van der Waals surface area contributed by atoms with E-state index in [-0.39, 0.29) is 11.3 Å². The van der Waals surface area contributed by atoms with Crippen molar-refractivity contribution in [3.63, 3.8) is 0 Å². The summed E-state index contributed by atoms with van der Waals surface area (Å²) in [6.45, 7) is 12.5. The fraction of sp³-hybridized carbons (Fsp3) is 0.500. The molecular formula is C12H17ClO. The van der Waals surface area contributed by atoms with Gasteiger partial charge in [-0.2, -0.15) is 0 Å². The van der Waals surface area contributed by atoms with Crippen molar-refractivity contribution < 1.29 is 4.42 Å². The van der Waals surface area contributed by atoms with E-state index in [9.17, 15) is 0 Å². The molecular weight excluding hydrogens is 196 g/mol. The quantitative estimate of drug-likeness (QED) is 0.651. The van der Waals surface area contributed by atoms with Crippen LogP contribution in [0.4, 0.5) is 0 Å². The summed E-state index contributed by atoms with van der Waals surface area (Å²) in [5.74, 6) is 1.12. The molecule has 0 fully saturated rings. The van der Waals surface area contributed by atoms with E-state index < -0.39 is 0 Å². The fourth-order valence-corrected chi connectivity index (χ4v) is 2.04. The summed E-state index contributed by atoms with van der Waals surface area (Å²) in [4.78, 5) is 0. The molecule has 0 amide bonds. The lowest BCUT2D eigenvalue weighted by molar-refractivity contribution is 0.311. The normalized spacial score (nSPS) is 14.1. The summed E-state index contributed by atoms with van der Waals surface area (Å²) < 4.78 is 5.44. The standard InChI is InChI=1S/C12H17ClO/c1-8(2)11(12(3,4)5)9-6-7-10(13)14-9/h6-7,11H,1H2,2-5H3/t11-/m0/s1. The molecule has 1 aromatic rings. The Kier molecular flexibility index (Phi) is 3.10. The molecule has 14 heavy (non-hydrogen) atoms. The highest BCUT2D eigenvalue weighted by Gasteiger charge is 2.29. The van der Waals surface area contributed by atoms with Crippen LogP contribution in [-0.2, 0) is 0 Å². The molecule has 1 nitrogen and oxygen atoms in total. The molecule has 0 bridgehead atoms. The molecule has 78 valence electrons. The zero-order valence-electron chi connectivity index (χ0n) is 9.23. The Labute approximate surface area is 90.8 Å². The van der Waals surface area contributed by atoms with Gasteiger partial charge in [0.1, 0.15) is 5.76 Å². The first-order valence-corrected chi connectivity index (χ1v) is 5.11. The Hall–Kier alpha value is -0.690. The lowest BCUT2D eigenvalue weighted by Crippen LogP contribution is -2.18. The number of halogens is 1. The summed E-state index contributed by atoms with van der Waals surface area (Å²) in [5.41, 5.74) is 1.20. The molecule has 0 aliphatic heterocycles. The average Bonchev–Trinajstić information content (AvgIpc) is 2.31. The van der Waals surface area contributed by atoms with Crippen LogP contribution in [0.1, 0.15) is 39.4 Å². The van der Waals surface area contributed by atoms with Crippen LogP contribution in [0.3, 0.4) is 0 Å². The van der Waals surface area contributed by atoms with Gasteiger partial charge in [-0.15, -0.1) is 0 Å². The maximum absolute atomic E-state index is 5.76. The second-order valence-corrected chi connectivity index (χ2v) is 5.16. The largest absolute Gasteiger partial charge is 0.449 e. The lowest BCUT2D eigenvalue weighted by atomic mass is 9.76. The van der Waals surface area contributed by atoms with Gasteiger partial charge in [0.05, 0.1) is 0 Å². The summed E-state index contributed by atoms with van der Waals surface area (Å²) in [6, 6.07) is 3.70. The molecule has 0 radical (unpaired) electrons. The molecule has 1 atom stereocenters. The lowest BCUT2D eigenvalue weighted by Gasteiger charge is -2.29. The van der Waals surface area contributed by atoms with E-state index in [0.29, 0.717) is 5.22 Å². The van der Waals surface area contributed by atoms with Crippen molar-refractivity contribution in [3.8, 4) is 0 Å². The number of furan rings is 1. The molecule has 0 unspecified atom stereocenters. The second-order valence-electron chi connectivity index (χ2n) is 4.79. The Morgan fingerprint density at radius 1 is 1.43 bits per heavy atom. The predicted molar refractivity (Wildman–Crippen MR) is 60.7 cm³/mol. The molecule has 0 saturated carbocycles. The highest BCUT2D eigenvalue weighted by atomic mass is 35.5. The van der Waals surface area contributed by atoms with Gasteiger partial charge in [0, 0.05) is 5.92 Å². The van der Waals surface area contributed by atoms with Gasteiger partial charge >= 0.3 is 0 Å². The van der Waals surface area contributed by atoms with Crippen molar-refractivity contribution in [3.05, 3.63) is 35.3 Å². The van der Waals surface area contributed by atoms with Crippen LogP contribution in [0.25, 0.3) is 0 Å². The monoisotopic (exact) mass is 212 g/mol. The minimum Gasteiger partial charge on any atom is -0.449 e. The van der Waals surface area contributed by atoms with E-state index in [4.69, 9.17) is 16.0 Å². The van der Waals surface area contributed by atoms with E-state index in [0.717, 1.165) is 11.3 Å². The maximum atomic E-state index is 5.76. The first-order chi connectivity index (χ1) is 6.32. The number of rotatable bonds is 2. The van der Waals surface area contributed by atoms with Crippen LogP contribution in [0.2, 0.25) is 5.22 Å². The van der Waals surface area contributed by atoms with E-state index in [1.807, 2.05) is 13.0 Å². The van der Waals surface area contributed by atoms with Gasteiger partial charge in [-0.3, -0.25) is 0 Å². The SMILES string of the molecule is C=C(C)[C@@H](c1ccc(Cl)o1)C(C)(C)C. The molecule has 0 spiro atoms. The Bertz CT molecular complexity index is 330. The van der Waals surface area contributed by atoms with Gasteiger partial charge in [0.25, 0.3) is 0 Å². The second kappa shape index (κ2) is 3.82. The summed E-state index contributed by atoms with van der Waals surface area (Å²) in [7, 11) is 0. The van der Waals surface area contributed by atoms with Crippen molar-refractivity contribution in [2.24, 2.45) is 5.41 Å². The van der Waals surface area contributed by atoms with Gasteiger partial charge in [0.2, 0.25) is 0 Å². The zero-order chi connectivity index (χ0) is 10.9. The minimum atomic E-state index is 0.104. The van der Waals surface area contributed by atoms with Crippen LogP contribution >= 0.6 is 11.6 Å². The van der Waals surface area contributed by atoms with Crippen LogP contribution in [0.5, 0.6) is 0 Å². The Morgan fingerprint density at radius 2 is 2.00 bits per heavy atom. The predicted octanol–water partition coefficient (Wildman–Crippen LogP) is 4.64. The molecule has 0 aliphatic carbocycles. The van der Waals surface area contributed by atoms with E-state index in [1.165, 1.54) is 0 Å². The van der Waals surface area contributed by atoms with Crippen molar-refractivity contribution >= 4 is 11.6 Å². The molecule has 2 heteroatoms. The van der Waals surface area contributed by atoms with Crippen molar-refractivity contribution in [1.82, 2.24) is 0 Å². The minimum absolute atomic E-state index is 0.104. The highest BCUT2D eigenvalue weighted by molar-refractivity contribution is 6.28. The first kappa shape index (κ1) is 11.4. The molecule has 0 N–H and O–H groups in total. The van der Waals surface area contributed by atoms with Gasteiger partial charge in [-0.25, -0.2) is 0 Å². The third-order valence-electron chi connectivity index (χ3n) is 2.24. The van der Waals surface area contributed by atoms with E-state index in [2.05, 4.69) is 27.4 Å². The third-order valence-corrected chi connectivity index (χ3v) is 2.44. The van der Waals surface area contributed by atoms with Crippen LogP contribution in [0.15, 0.2) is 28.7 Å². The molecule has 0 aromatic carbocycles. The van der Waals surface area contributed by atoms with Gasteiger partial charge < -0.3 is 4.42 Å².